The molecule has 0 aliphatic heterocycles. The molecule has 2 aromatic rings. The van der Waals surface area contributed by atoms with Crippen LogP contribution in [0.4, 0.5) is 17.1 Å². The molecule has 0 aliphatic rings. The SMILES string of the molecule is COc1cc(NC(=O)COC(=O)c2cc(Cl)ccc2N)c(C)cc1[N+](=O)[O-]. The Labute approximate surface area is 159 Å². The average Bonchev–Trinajstić information content (AvgIpc) is 2.62. The number of hydrogen-bond acceptors (Lipinski definition) is 7. The van der Waals surface area contributed by atoms with Crippen molar-refractivity contribution in [1.29, 1.82) is 0 Å². The molecule has 0 radical (unpaired) electrons. The Morgan fingerprint density at radius 3 is 2.63 bits per heavy atom. The largest absolute Gasteiger partial charge is 0.490 e. The molecule has 0 atom stereocenters. The summed E-state index contributed by atoms with van der Waals surface area (Å²) in [5.74, 6) is -1.45. The lowest BCUT2D eigenvalue weighted by molar-refractivity contribution is -0.385. The first-order chi connectivity index (χ1) is 12.7. The Bertz CT molecular complexity index is 916. The van der Waals surface area contributed by atoms with E-state index >= 15 is 0 Å². The number of halogens is 1. The summed E-state index contributed by atoms with van der Waals surface area (Å²) < 4.78 is 9.89. The van der Waals surface area contributed by atoms with Gasteiger partial charge in [-0.25, -0.2) is 4.79 Å². The molecule has 0 spiro atoms. The minimum absolute atomic E-state index is 0.00963. The third kappa shape index (κ3) is 4.85. The van der Waals surface area contributed by atoms with Gasteiger partial charge >= 0.3 is 11.7 Å². The van der Waals surface area contributed by atoms with Crippen LogP contribution in [-0.2, 0) is 9.53 Å². The van der Waals surface area contributed by atoms with Gasteiger partial charge in [0.15, 0.2) is 12.4 Å². The van der Waals surface area contributed by atoms with Gasteiger partial charge in [0.1, 0.15) is 0 Å². The number of nitrogens with one attached hydrogen (secondary N) is 1. The molecule has 27 heavy (non-hydrogen) atoms. The van der Waals surface area contributed by atoms with Crippen molar-refractivity contribution in [2.24, 2.45) is 0 Å². The maximum Gasteiger partial charge on any atom is 0.340 e. The van der Waals surface area contributed by atoms with Crippen LogP contribution in [0.25, 0.3) is 0 Å². The Hall–Kier alpha value is -3.33. The highest BCUT2D eigenvalue weighted by Crippen LogP contribution is 2.32. The number of carbonyl (C=O) groups excluding carboxylic acids is 2. The highest BCUT2D eigenvalue weighted by atomic mass is 35.5. The molecule has 2 aromatic carbocycles. The van der Waals surface area contributed by atoms with Crippen molar-refractivity contribution < 1.29 is 24.0 Å². The molecular formula is C17H16ClN3O6. The number of nitrogens with zero attached hydrogens (tertiary/aromatic N) is 1. The fourth-order valence-corrected chi connectivity index (χ4v) is 2.39. The maximum atomic E-state index is 12.1. The van der Waals surface area contributed by atoms with Gasteiger partial charge < -0.3 is 20.5 Å². The van der Waals surface area contributed by atoms with Gasteiger partial charge in [-0.3, -0.25) is 14.9 Å². The second-order valence-corrected chi connectivity index (χ2v) is 5.89. The molecule has 0 unspecified atom stereocenters. The molecule has 0 saturated carbocycles. The lowest BCUT2D eigenvalue weighted by atomic mass is 10.1. The summed E-state index contributed by atoms with van der Waals surface area (Å²) in [5.41, 5.74) is 6.41. The molecule has 0 fully saturated rings. The van der Waals surface area contributed by atoms with Gasteiger partial charge in [0.05, 0.1) is 17.6 Å². The van der Waals surface area contributed by atoms with Gasteiger partial charge in [0.25, 0.3) is 5.91 Å². The number of esters is 1. The van der Waals surface area contributed by atoms with Gasteiger partial charge in [0, 0.05) is 28.5 Å². The van der Waals surface area contributed by atoms with Crippen molar-refractivity contribution in [1.82, 2.24) is 0 Å². The number of amides is 1. The van der Waals surface area contributed by atoms with E-state index in [1.165, 1.54) is 37.4 Å². The zero-order chi connectivity index (χ0) is 20.1. The van der Waals surface area contributed by atoms with Crippen molar-refractivity contribution in [2.75, 3.05) is 24.8 Å². The summed E-state index contributed by atoms with van der Waals surface area (Å²) in [6, 6.07) is 6.90. The van der Waals surface area contributed by atoms with E-state index < -0.39 is 23.4 Å². The van der Waals surface area contributed by atoms with E-state index in [0.717, 1.165) is 0 Å². The number of nitrogens with two attached hydrogens (primary N) is 1. The zero-order valence-electron chi connectivity index (χ0n) is 14.4. The van der Waals surface area contributed by atoms with E-state index in [2.05, 4.69) is 5.32 Å². The number of aryl methyl sites for hydroxylation is 1. The van der Waals surface area contributed by atoms with Gasteiger partial charge in [-0.2, -0.15) is 0 Å². The first kappa shape index (κ1) is 20.0. The minimum atomic E-state index is -0.803. The molecular weight excluding hydrogens is 378 g/mol. The molecule has 9 nitrogen and oxygen atoms in total. The molecule has 3 N–H and O–H groups in total. The van der Waals surface area contributed by atoms with Crippen LogP contribution in [0.1, 0.15) is 15.9 Å². The van der Waals surface area contributed by atoms with Crippen LogP contribution in [0.2, 0.25) is 5.02 Å². The predicted molar refractivity (Wildman–Crippen MR) is 99.2 cm³/mol. The predicted octanol–water partition coefficient (Wildman–Crippen LogP) is 2.94. The number of anilines is 2. The standard InChI is InChI=1S/C17H16ClN3O6/c1-9-5-14(21(24)25)15(26-2)7-13(9)20-16(22)8-27-17(23)11-6-10(18)3-4-12(11)19/h3-7H,8,19H2,1-2H3,(H,20,22). The Morgan fingerprint density at radius 2 is 2.00 bits per heavy atom. The monoisotopic (exact) mass is 393 g/mol. The van der Waals surface area contributed by atoms with E-state index in [0.29, 0.717) is 16.3 Å². The maximum absolute atomic E-state index is 12.1. The summed E-state index contributed by atoms with van der Waals surface area (Å²) in [7, 11) is 1.28. The van der Waals surface area contributed by atoms with Crippen LogP contribution in [-0.4, -0.2) is 30.5 Å². The van der Waals surface area contributed by atoms with Gasteiger partial charge in [0.2, 0.25) is 0 Å². The minimum Gasteiger partial charge on any atom is -0.490 e. The second kappa shape index (κ2) is 8.37. The number of rotatable bonds is 6. The first-order valence-corrected chi connectivity index (χ1v) is 7.95. The lowest BCUT2D eigenvalue weighted by Gasteiger charge is -2.11. The second-order valence-electron chi connectivity index (χ2n) is 5.45. The quantitative estimate of drug-likeness (QED) is 0.333. The van der Waals surface area contributed by atoms with E-state index in [-0.39, 0.29) is 22.7 Å². The zero-order valence-corrected chi connectivity index (χ0v) is 15.2. The van der Waals surface area contributed by atoms with Crippen LogP contribution in [0, 0.1) is 17.0 Å². The first-order valence-electron chi connectivity index (χ1n) is 7.58. The van der Waals surface area contributed by atoms with Crippen LogP contribution < -0.4 is 15.8 Å². The van der Waals surface area contributed by atoms with E-state index in [4.69, 9.17) is 26.8 Å². The fraction of sp³-hybridized carbons (Fsp3) is 0.176. The van der Waals surface area contributed by atoms with Crippen LogP contribution in [0.5, 0.6) is 5.75 Å². The number of hydrogen-bond donors (Lipinski definition) is 2. The summed E-state index contributed by atoms with van der Waals surface area (Å²) >= 11 is 5.81. The van der Waals surface area contributed by atoms with Crippen molar-refractivity contribution in [3.05, 3.63) is 56.6 Å². The molecule has 0 bridgehead atoms. The van der Waals surface area contributed by atoms with Crippen molar-refractivity contribution in [3.63, 3.8) is 0 Å². The lowest BCUT2D eigenvalue weighted by Crippen LogP contribution is -2.22. The fourth-order valence-electron chi connectivity index (χ4n) is 2.21. The van der Waals surface area contributed by atoms with E-state index in [9.17, 15) is 19.7 Å². The number of nitrogen functional groups attached to an aromatic ring is 1. The number of carbonyl (C=O) groups is 2. The summed E-state index contributed by atoms with van der Waals surface area (Å²) in [6.45, 7) is 1.00. The van der Waals surface area contributed by atoms with E-state index in [1.54, 1.807) is 6.92 Å². The van der Waals surface area contributed by atoms with Crippen molar-refractivity contribution in [3.8, 4) is 5.75 Å². The Kier molecular flexibility index (Phi) is 6.19. The smallest absolute Gasteiger partial charge is 0.340 e. The number of nitro groups is 1. The van der Waals surface area contributed by atoms with Gasteiger partial charge in [-0.05, 0) is 30.7 Å². The molecule has 0 saturated heterocycles. The Morgan fingerprint density at radius 1 is 1.30 bits per heavy atom. The van der Waals surface area contributed by atoms with E-state index in [1.807, 2.05) is 0 Å². The summed E-state index contributed by atoms with van der Waals surface area (Å²) in [6.07, 6.45) is 0. The summed E-state index contributed by atoms with van der Waals surface area (Å²) in [4.78, 5) is 34.5. The number of methoxy groups -OCH3 is 1. The molecule has 0 aliphatic carbocycles. The topological polar surface area (TPSA) is 134 Å². The van der Waals surface area contributed by atoms with Crippen LogP contribution in [0.15, 0.2) is 30.3 Å². The highest BCUT2D eigenvalue weighted by molar-refractivity contribution is 6.31. The van der Waals surface area contributed by atoms with Crippen LogP contribution in [0.3, 0.4) is 0 Å². The third-order valence-electron chi connectivity index (χ3n) is 3.57. The highest BCUT2D eigenvalue weighted by Gasteiger charge is 2.19. The van der Waals surface area contributed by atoms with Crippen molar-refractivity contribution in [2.45, 2.75) is 6.92 Å². The number of nitro benzene ring substituents is 1. The van der Waals surface area contributed by atoms with Crippen molar-refractivity contribution >= 4 is 40.5 Å². The molecule has 10 heteroatoms. The molecule has 1 amide bonds. The molecule has 142 valence electrons. The Balaban J connectivity index is 2.06. The molecule has 0 heterocycles. The van der Waals surface area contributed by atoms with Gasteiger partial charge in [-0.1, -0.05) is 11.6 Å². The average molecular weight is 394 g/mol. The third-order valence-corrected chi connectivity index (χ3v) is 3.80. The number of benzene rings is 2. The molecule has 0 aromatic heterocycles. The number of ether oxygens (including phenoxy) is 2. The van der Waals surface area contributed by atoms with Crippen LogP contribution >= 0.6 is 11.6 Å². The summed E-state index contributed by atoms with van der Waals surface area (Å²) in [5, 5.41) is 13.8. The normalized spacial score (nSPS) is 10.2. The van der Waals surface area contributed by atoms with Gasteiger partial charge in [-0.15, -0.1) is 0 Å². The molecule has 2 rings (SSSR count).